The van der Waals surface area contributed by atoms with Crippen molar-refractivity contribution in [2.24, 2.45) is 16.3 Å². The second-order valence-electron chi connectivity index (χ2n) is 19.5. The van der Waals surface area contributed by atoms with E-state index >= 15 is 0 Å². The van der Waals surface area contributed by atoms with Crippen molar-refractivity contribution in [3.63, 3.8) is 0 Å². The van der Waals surface area contributed by atoms with Gasteiger partial charge in [0.1, 0.15) is 18.1 Å². The number of cyclic esters (lactones) is 1. The summed E-state index contributed by atoms with van der Waals surface area (Å²) in [4.78, 5) is 85.0. The molecule has 16 nitrogen and oxygen atoms in total. The molecule has 17 heteroatoms. The first-order valence-corrected chi connectivity index (χ1v) is 24.8. The number of rotatable bonds is 11. The third-order valence-electron chi connectivity index (χ3n) is 13.9. The Kier molecular flexibility index (Phi) is 15.5. The molecule has 5 amide bonds. The zero-order chi connectivity index (χ0) is 49.2. The summed E-state index contributed by atoms with van der Waals surface area (Å²) in [7, 11) is 3.29. The molecule has 4 fully saturated rings. The van der Waals surface area contributed by atoms with Gasteiger partial charge < -0.3 is 34.1 Å². The fraction of sp³-hybridized carbons (Fsp3) is 0.549. The minimum Gasteiger partial charge on any atom is -0.464 e. The van der Waals surface area contributed by atoms with Gasteiger partial charge in [-0.25, -0.2) is 15.2 Å². The van der Waals surface area contributed by atoms with Crippen molar-refractivity contribution in [2.75, 3.05) is 40.4 Å². The Morgan fingerprint density at radius 2 is 1.82 bits per heavy atom. The first-order chi connectivity index (χ1) is 32.4. The van der Waals surface area contributed by atoms with Gasteiger partial charge in [0.05, 0.1) is 40.8 Å². The van der Waals surface area contributed by atoms with Crippen LogP contribution in [0.3, 0.4) is 0 Å². The molecule has 0 aliphatic carbocycles. The van der Waals surface area contributed by atoms with Crippen LogP contribution in [0.15, 0.2) is 59.6 Å². The largest absolute Gasteiger partial charge is 0.464 e. The van der Waals surface area contributed by atoms with Crippen molar-refractivity contribution in [3.05, 3.63) is 70.9 Å². The highest BCUT2D eigenvalue weighted by Gasteiger charge is 2.45. The minimum absolute atomic E-state index is 0.0675. The molecule has 6 atom stereocenters. The van der Waals surface area contributed by atoms with Crippen molar-refractivity contribution in [1.82, 2.24) is 40.0 Å². The molecule has 5 aliphatic heterocycles. The number of esters is 1. The van der Waals surface area contributed by atoms with Crippen molar-refractivity contribution >= 4 is 63.7 Å². The normalized spacial score (nSPS) is 23.2. The molecule has 1 aromatic carbocycles. The quantitative estimate of drug-likeness (QED) is 0.0957. The molecule has 0 radical (unpaired) electrons. The smallest absolute Gasteiger partial charge is 0.324 e. The van der Waals surface area contributed by atoms with Gasteiger partial charge in [-0.15, -0.1) is 11.3 Å². The summed E-state index contributed by atoms with van der Waals surface area (Å²) >= 11 is 1.40. The van der Waals surface area contributed by atoms with Gasteiger partial charge in [0, 0.05) is 91.8 Å². The highest BCUT2D eigenvalue weighted by atomic mass is 32.1. The lowest BCUT2D eigenvalue weighted by Crippen LogP contribution is -2.67. The summed E-state index contributed by atoms with van der Waals surface area (Å²) in [6.07, 6.45) is 7.73. The molecule has 8 bridgehead atoms. The van der Waals surface area contributed by atoms with Gasteiger partial charge in [-0.3, -0.25) is 29.2 Å². The molecule has 4 saturated heterocycles. The number of benzene rings is 1. The average Bonchev–Trinajstić information content (AvgIpc) is 3.93. The van der Waals surface area contributed by atoms with Crippen LogP contribution in [-0.2, 0) is 48.0 Å². The number of nitrogens with zero attached hydrogens (tertiary/aromatic N) is 7. The number of piperidine rings is 2. The summed E-state index contributed by atoms with van der Waals surface area (Å²) in [5.74, 6) is -1.85. The number of aliphatic imine (C=N–C) groups is 1. The van der Waals surface area contributed by atoms with E-state index in [1.54, 1.807) is 30.2 Å². The van der Waals surface area contributed by atoms with E-state index in [0.717, 1.165) is 57.5 Å². The number of urea groups is 1. The molecule has 5 aliphatic rings. The van der Waals surface area contributed by atoms with Gasteiger partial charge in [-0.2, -0.15) is 0 Å². The number of hydrogen-bond acceptors (Lipinski definition) is 11. The number of aryl methyl sites for hydroxylation is 1. The molecule has 2 N–H and O–H groups in total. The van der Waals surface area contributed by atoms with Crippen LogP contribution in [0.2, 0.25) is 0 Å². The summed E-state index contributed by atoms with van der Waals surface area (Å²) in [6.45, 7) is 23.6. The number of allylic oxidation sites excluding steroid dienone is 2. The average molecular weight is 952 g/mol. The second kappa shape index (κ2) is 20.9. The number of carbonyl (C=O) groups is 5. The number of ether oxygens (including phenoxy) is 2. The Bertz CT molecular complexity index is 2510. The van der Waals surface area contributed by atoms with Gasteiger partial charge >= 0.3 is 12.0 Å². The molecule has 366 valence electrons. The third-order valence-corrected chi connectivity index (χ3v) is 14.8. The first kappa shape index (κ1) is 50.2. The molecule has 2 aromatic heterocycles. The van der Waals surface area contributed by atoms with E-state index < -0.39 is 41.3 Å². The summed E-state index contributed by atoms with van der Waals surface area (Å²) in [5, 5.41) is 8.08. The van der Waals surface area contributed by atoms with Crippen LogP contribution in [0.5, 0.6) is 0 Å². The standard InChI is InChI=1S/C51H69N9O7S/c1-12-35(44(52-14-3)31(7)66-11)46-37-25-51(8,9)29-67-49(64)38-17-16-22-60(55-38)48(63)39(24-42-53-40(28-68-42)32-18-21-41(36(37)23-32)57(46)15-4)54-47(62)45(30(5)6)56(10)50(65)59-27-33-19-20-34(59)26-58(33)43(61)13-2/h12-14,18,21,23,28,30-31,33-34,38-39,45,55H,1-2,15-17,19-20,22,24-27,29H2,3-11H3,(H,54,62)/b44-35+,52-14-/t31-,33?,34?,38-,39-,45-/m0/s1. The Balaban J connectivity index is 1.26. The maximum Gasteiger partial charge on any atom is 0.324 e. The van der Waals surface area contributed by atoms with E-state index in [1.807, 2.05) is 39.2 Å². The SMILES string of the molecule is C=CC(=O)N1CC2CCC1CN2C(=O)N(C)[C@H](C(=O)N[C@H]1Cc2nc(cs2)-c2ccc3c(c2)c(c(/C(C=C)=C(/N=C\C)[C@H](C)OC)n3CC)CC(C)(C)COC(=O)[C@@H]2CCCN(N2)C1=O)C(C)C. The highest BCUT2D eigenvalue weighted by molar-refractivity contribution is 7.10. The number of thiazole rings is 1. The lowest BCUT2D eigenvalue weighted by Gasteiger charge is -2.52. The fourth-order valence-corrected chi connectivity index (χ4v) is 11.3. The number of amides is 5. The zero-order valence-electron chi connectivity index (χ0n) is 41.2. The molecule has 68 heavy (non-hydrogen) atoms. The van der Waals surface area contributed by atoms with Crippen LogP contribution >= 0.6 is 11.3 Å². The van der Waals surface area contributed by atoms with Crippen LogP contribution in [0, 0.1) is 11.3 Å². The maximum atomic E-state index is 14.7. The predicted molar refractivity (Wildman–Crippen MR) is 266 cm³/mol. The number of hydrazine groups is 1. The van der Waals surface area contributed by atoms with Gasteiger partial charge in [-0.1, -0.05) is 53.0 Å². The van der Waals surface area contributed by atoms with Crippen molar-refractivity contribution in [1.29, 1.82) is 0 Å². The second-order valence-corrected chi connectivity index (χ2v) is 20.5. The topological polar surface area (TPSA) is 171 Å². The van der Waals surface area contributed by atoms with Crippen molar-refractivity contribution in [2.45, 2.75) is 130 Å². The Labute approximate surface area is 404 Å². The minimum atomic E-state index is -1.09. The maximum absolute atomic E-state index is 14.7. The molecular formula is C51H69N9O7S. The van der Waals surface area contributed by atoms with E-state index in [0.29, 0.717) is 50.4 Å². The van der Waals surface area contributed by atoms with E-state index in [9.17, 15) is 24.0 Å². The number of carbonyl (C=O) groups excluding carboxylic acids is 5. The molecular weight excluding hydrogens is 883 g/mol. The Morgan fingerprint density at radius 3 is 2.46 bits per heavy atom. The lowest BCUT2D eigenvalue weighted by molar-refractivity contribution is -0.155. The van der Waals surface area contributed by atoms with Gasteiger partial charge in [-0.05, 0) is 82.6 Å². The lowest BCUT2D eigenvalue weighted by atomic mass is 9.84. The summed E-state index contributed by atoms with van der Waals surface area (Å²) in [6, 6.07) is 2.88. The van der Waals surface area contributed by atoms with Crippen LogP contribution in [-0.4, -0.2) is 142 Å². The number of likely N-dealkylation sites (N-methyl/N-ethyl adjacent to an activating group) is 1. The molecule has 7 heterocycles. The van der Waals surface area contributed by atoms with Crippen LogP contribution in [0.1, 0.15) is 90.4 Å². The van der Waals surface area contributed by atoms with Gasteiger partial charge in [0.25, 0.3) is 5.91 Å². The van der Waals surface area contributed by atoms with E-state index in [4.69, 9.17) is 19.5 Å². The molecule has 8 rings (SSSR count). The van der Waals surface area contributed by atoms with E-state index in [2.05, 4.69) is 67.4 Å². The van der Waals surface area contributed by atoms with Gasteiger partial charge in [0.2, 0.25) is 11.8 Å². The third kappa shape index (κ3) is 10.1. The van der Waals surface area contributed by atoms with Crippen LogP contribution in [0.25, 0.3) is 27.7 Å². The zero-order valence-corrected chi connectivity index (χ0v) is 42.0. The summed E-state index contributed by atoms with van der Waals surface area (Å²) in [5.41, 5.74) is 8.85. The number of aromatic nitrogens is 2. The Hall–Kier alpha value is -5.65. The molecule has 2 unspecified atom stereocenters. The first-order valence-electron chi connectivity index (χ1n) is 23.9. The van der Waals surface area contributed by atoms with Crippen LogP contribution in [0.4, 0.5) is 4.79 Å². The monoisotopic (exact) mass is 952 g/mol. The molecule has 3 aromatic rings. The number of methoxy groups -OCH3 is 1. The van der Waals surface area contributed by atoms with Gasteiger partial charge in [0.15, 0.2) is 0 Å². The van der Waals surface area contributed by atoms with Crippen molar-refractivity contribution in [3.8, 4) is 11.3 Å². The number of fused-ring (bicyclic) bond motifs is 9. The number of hydrogen-bond donors (Lipinski definition) is 2. The predicted octanol–water partition coefficient (Wildman–Crippen LogP) is 6.39. The van der Waals surface area contributed by atoms with E-state index in [-0.39, 0.29) is 49.1 Å². The Morgan fingerprint density at radius 1 is 1.10 bits per heavy atom. The molecule has 0 saturated carbocycles. The van der Waals surface area contributed by atoms with Crippen molar-refractivity contribution < 1.29 is 33.4 Å². The fourth-order valence-electron chi connectivity index (χ4n) is 10.4. The van der Waals surface area contributed by atoms with E-state index in [1.165, 1.54) is 27.3 Å². The number of nitrogens with one attached hydrogen (secondary N) is 2. The van der Waals surface area contributed by atoms with Crippen LogP contribution < -0.4 is 10.7 Å². The molecule has 0 spiro atoms. The summed E-state index contributed by atoms with van der Waals surface area (Å²) < 4.78 is 14.2. The highest BCUT2D eigenvalue weighted by Crippen LogP contribution is 2.40. The number of piperazine rings is 1.